The van der Waals surface area contributed by atoms with Crippen molar-refractivity contribution in [2.45, 2.75) is 38.0 Å². The molecule has 1 heteroatoms. The molecule has 1 aromatic rings. The van der Waals surface area contributed by atoms with Crippen molar-refractivity contribution in [1.29, 1.82) is 0 Å². The van der Waals surface area contributed by atoms with Gasteiger partial charge in [-0.2, -0.15) is 0 Å². The molecule has 1 atom stereocenters. The molecule has 80 valence electrons. The predicted molar refractivity (Wildman–Crippen MR) is 68.1 cm³/mol. The maximum absolute atomic E-state index is 2.42. The molecule has 0 saturated carbocycles. The van der Waals surface area contributed by atoms with E-state index in [2.05, 4.69) is 44.2 Å². The molecule has 2 rings (SSSR count). The van der Waals surface area contributed by atoms with Gasteiger partial charge in [0.15, 0.2) is 0 Å². The zero-order valence-electron chi connectivity index (χ0n) is 9.49. The summed E-state index contributed by atoms with van der Waals surface area (Å²) in [4.78, 5) is 2.93. The predicted octanol–water partition coefficient (Wildman–Crippen LogP) is 4.79. The van der Waals surface area contributed by atoms with Gasteiger partial charge in [0.05, 0.1) is 0 Å². The number of allylic oxidation sites excluding steroid dienone is 2. The lowest BCUT2D eigenvalue weighted by Gasteiger charge is -2.17. The molecule has 0 fully saturated rings. The molecule has 0 N–H and O–H groups in total. The van der Waals surface area contributed by atoms with Crippen molar-refractivity contribution >= 4 is 11.8 Å². The lowest BCUT2D eigenvalue weighted by molar-refractivity contribution is 0.523. The minimum absolute atomic E-state index is 0.882. The first-order valence-corrected chi connectivity index (χ1v) is 6.49. The van der Waals surface area contributed by atoms with Crippen LogP contribution in [0.5, 0.6) is 0 Å². The SMILES string of the molecule is Cc1ccc(SC2=CCC(C)CC2)cc1. The van der Waals surface area contributed by atoms with Gasteiger partial charge in [0, 0.05) is 4.90 Å². The molecule has 1 unspecified atom stereocenters. The van der Waals surface area contributed by atoms with Crippen LogP contribution in [0, 0.1) is 12.8 Å². The smallest absolute Gasteiger partial charge is 0.0119 e. The molecule has 0 radical (unpaired) electrons. The van der Waals surface area contributed by atoms with Crippen LogP contribution in [0.2, 0.25) is 0 Å². The van der Waals surface area contributed by atoms with Crippen LogP contribution in [0.3, 0.4) is 0 Å². The molecular weight excluding hydrogens is 200 g/mol. The fourth-order valence-corrected chi connectivity index (χ4v) is 2.77. The highest BCUT2D eigenvalue weighted by Crippen LogP contribution is 2.35. The summed E-state index contributed by atoms with van der Waals surface area (Å²) in [6.07, 6.45) is 6.29. The molecule has 1 aliphatic rings. The normalized spacial score (nSPS) is 21.2. The monoisotopic (exact) mass is 218 g/mol. The van der Waals surface area contributed by atoms with Gasteiger partial charge in [-0.3, -0.25) is 0 Å². The average Bonchev–Trinajstić information content (AvgIpc) is 2.25. The number of thioether (sulfide) groups is 1. The summed E-state index contributed by atoms with van der Waals surface area (Å²) in [6.45, 7) is 4.47. The van der Waals surface area contributed by atoms with E-state index in [-0.39, 0.29) is 0 Å². The molecule has 1 aliphatic carbocycles. The lowest BCUT2D eigenvalue weighted by Crippen LogP contribution is -1.99. The Hall–Kier alpha value is -0.690. The van der Waals surface area contributed by atoms with Gasteiger partial charge < -0.3 is 0 Å². The largest absolute Gasteiger partial charge is 0.0949 e. The van der Waals surface area contributed by atoms with E-state index in [1.54, 1.807) is 4.91 Å². The first kappa shape index (κ1) is 10.8. The number of hydrogen-bond donors (Lipinski definition) is 0. The van der Waals surface area contributed by atoms with Gasteiger partial charge >= 0.3 is 0 Å². The zero-order chi connectivity index (χ0) is 10.7. The highest BCUT2D eigenvalue weighted by molar-refractivity contribution is 8.03. The van der Waals surface area contributed by atoms with E-state index >= 15 is 0 Å². The van der Waals surface area contributed by atoms with Crippen LogP contribution in [0.1, 0.15) is 31.7 Å². The van der Waals surface area contributed by atoms with E-state index in [0.717, 1.165) is 5.92 Å². The van der Waals surface area contributed by atoms with Crippen LogP contribution in [0.25, 0.3) is 0 Å². The van der Waals surface area contributed by atoms with Gasteiger partial charge in [0.1, 0.15) is 0 Å². The van der Waals surface area contributed by atoms with Gasteiger partial charge in [-0.25, -0.2) is 0 Å². The molecule has 0 heterocycles. The summed E-state index contributed by atoms with van der Waals surface area (Å²) in [5.74, 6) is 0.882. The summed E-state index contributed by atoms with van der Waals surface area (Å²) in [6, 6.07) is 8.82. The van der Waals surface area contributed by atoms with Crippen molar-refractivity contribution < 1.29 is 0 Å². The van der Waals surface area contributed by atoms with Crippen molar-refractivity contribution in [1.82, 2.24) is 0 Å². The zero-order valence-corrected chi connectivity index (χ0v) is 10.3. The number of hydrogen-bond acceptors (Lipinski definition) is 1. The Balaban J connectivity index is 2.00. The average molecular weight is 218 g/mol. The quantitative estimate of drug-likeness (QED) is 0.687. The van der Waals surface area contributed by atoms with Gasteiger partial charge in [0.2, 0.25) is 0 Å². The molecule has 0 spiro atoms. The molecular formula is C14H18S. The van der Waals surface area contributed by atoms with E-state index in [9.17, 15) is 0 Å². The van der Waals surface area contributed by atoms with Gasteiger partial charge in [-0.05, 0) is 49.1 Å². The number of benzene rings is 1. The molecule has 0 nitrogen and oxygen atoms in total. The summed E-state index contributed by atoms with van der Waals surface area (Å²) < 4.78 is 0. The Kier molecular flexibility index (Phi) is 3.53. The number of rotatable bonds is 2. The minimum atomic E-state index is 0.882. The first-order valence-electron chi connectivity index (χ1n) is 5.67. The standard InChI is InChI=1S/C14H18S/c1-11-3-7-13(8-4-11)15-14-9-5-12(2)6-10-14/h3-4,7-9,12H,5-6,10H2,1-2H3. The Morgan fingerprint density at radius 1 is 1.20 bits per heavy atom. The Labute approximate surface area is 96.8 Å². The van der Waals surface area contributed by atoms with Crippen molar-refractivity contribution in [3.8, 4) is 0 Å². The maximum atomic E-state index is 2.42. The second-order valence-electron chi connectivity index (χ2n) is 4.47. The highest BCUT2D eigenvalue weighted by Gasteiger charge is 2.10. The second kappa shape index (κ2) is 4.89. The summed E-state index contributed by atoms with van der Waals surface area (Å²) >= 11 is 1.94. The van der Waals surface area contributed by atoms with E-state index in [4.69, 9.17) is 0 Å². The van der Waals surface area contributed by atoms with Crippen molar-refractivity contribution in [2.24, 2.45) is 5.92 Å². The third-order valence-corrected chi connectivity index (χ3v) is 4.04. The van der Waals surface area contributed by atoms with Crippen molar-refractivity contribution in [3.05, 3.63) is 40.8 Å². The minimum Gasteiger partial charge on any atom is -0.0949 e. The van der Waals surface area contributed by atoms with E-state index in [0.29, 0.717) is 0 Å². The summed E-state index contributed by atoms with van der Waals surface area (Å²) in [5, 5.41) is 0. The third-order valence-electron chi connectivity index (χ3n) is 2.90. The summed E-state index contributed by atoms with van der Waals surface area (Å²) in [5.41, 5.74) is 1.34. The molecule has 15 heavy (non-hydrogen) atoms. The fourth-order valence-electron chi connectivity index (χ4n) is 1.79. The van der Waals surface area contributed by atoms with Gasteiger partial charge in [-0.1, -0.05) is 42.5 Å². The Morgan fingerprint density at radius 3 is 2.53 bits per heavy atom. The molecule has 0 aliphatic heterocycles. The van der Waals surface area contributed by atoms with Crippen LogP contribution >= 0.6 is 11.8 Å². The molecule has 0 aromatic heterocycles. The molecule has 1 aromatic carbocycles. The second-order valence-corrected chi connectivity index (χ2v) is 5.67. The van der Waals surface area contributed by atoms with E-state index < -0.39 is 0 Å². The van der Waals surface area contributed by atoms with Crippen LogP contribution < -0.4 is 0 Å². The molecule has 0 amide bonds. The van der Waals surface area contributed by atoms with E-state index in [1.165, 1.54) is 29.7 Å². The fraction of sp³-hybridized carbons (Fsp3) is 0.429. The Bertz CT molecular complexity index is 348. The van der Waals surface area contributed by atoms with Crippen LogP contribution in [0.4, 0.5) is 0 Å². The lowest BCUT2D eigenvalue weighted by atomic mass is 9.96. The topological polar surface area (TPSA) is 0 Å². The Morgan fingerprint density at radius 2 is 1.93 bits per heavy atom. The highest BCUT2D eigenvalue weighted by atomic mass is 32.2. The van der Waals surface area contributed by atoms with Crippen molar-refractivity contribution in [3.63, 3.8) is 0 Å². The third kappa shape index (κ3) is 3.13. The molecule has 0 bridgehead atoms. The van der Waals surface area contributed by atoms with Crippen LogP contribution in [-0.4, -0.2) is 0 Å². The maximum Gasteiger partial charge on any atom is 0.0119 e. The van der Waals surface area contributed by atoms with Gasteiger partial charge in [-0.15, -0.1) is 0 Å². The van der Waals surface area contributed by atoms with Crippen LogP contribution in [0.15, 0.2) is 40.1 Å². The first-order chi connectivity index (χ1) is 7.24. The van der Waals surface area contributed by atoms with Crippen molar-refractivity contribution in [2.75, 3.05) is 0 Å². The number of aryl methyl sites for hydroxylation is 1. The van der Waals surface area contributed by atoms with Gasteiger partial charge in [0.25, 0.3) is 0 Å². The van der Waals surface area contributed by atoms with Crippen LogP contribution in [-0.2, 0) is 0 Å². The summed E-state index contributed by atoms with van der Waals surface area (Å²) in [7, 11) is 0. The van der Waals surface area contributed by atoms with E-state index in [1.807, 2.05) is 11.8 Å². The molecule has 0 saturated heterocycles.